The number of carbonyl (C=O) groups is 1. The van der Waals surface area contributed by atoms with Gasteiger partial charge in [-0.3, -0.25) is 5.10 Å². The summed E-state index contributed by atoms with van der Waals surface area (Å²) in [5, 5.41) is 9.55. The molecule has 2 atom stereocenters. The first-order valence-corrected chi connectivity index (χ1v) is 8.56. The van der Waals surface area contributed by atoms with Gasteiger partial charge in [-0.2, -0.15) is 18.3 Å². The van der Waals surface area contributed by atoms with E-state index in [4.69, 9.17) is 9.47 Å². The molecule has 1 aliphatic heterocycles. The summed E-state index contributed by atoms with van der Waals surface area (Å²) < 4.78 is 50.6. The van der Waals surface area contributed by atoms with Crippen molar-refractivity contribution in [3.05, 3.63) is 46.8 Å². The molecule has 0 spiro atoms. The number of carbonyl (C=O) groups excluding carboxylic acids is 1. The lowest BCUT2D eigenvalue weighted by Gasteiger charge is -2.35. The highest BCUT2D eigenvalue weighted by Crippen LogP contribution is 2.35. The molecule has 1 aromatic carbocycles. The van der Waals surface area contributed by atoms with Gasteiger partial charge in [0.05, 0.1) is 18.3 Å². The van der Waals surface area contributed by atoms with E-state index in [2.05, 4.69) is 15.5 Å². The lowest BCUT2D eigenvalue weighted by molar-refractivity contribution is -0.206. The average molecular weight is 383 g/mol. The van der Waals surface area contributed by atoms with Crippen molar-refractivity contribution in [2.75, 3.05) is 6.61 Å². The van der Waals surface area contributed by atoms with Crippen molar-refractivity contribution < 1.29 is 27.4 Å². The van der Waals surface area contributed by atoms with Crippen LogP contribution in [0.25, 0.3) is 0 Å². The first-order chi connectivity index (χ1) is 12.8. The van der Waals surface area contributed by atoms with E-state index in [1.54, 1.807) is 32.0 Å². The molecule has 0 bridgehead atoms. The number of fused-ring (bicyclic) bond motifs is 1. The minimum atomic E-state index is -4.53. The maximum atomic E-state index is 13.5. The second-order valence-electron chi connectivity index (χ2n) is 6.27. The van der Waals surface area contributed by atoms with E-state index in [-0.39, 0.29) is 30.9 Å². The van der Waals surface area contributed by atoms with Gasteiger partial charge < -0.3 is 14.8 Å². The number of hydrogen-bond donors (Lipinski definition) is 2. The molecule has 0 unspecified atom stereocenters. The topological polar surface area (TPSA) is 76.2 Å². The number of aryl methyl sites for hydroxylation is 1. The van der Waals surface area contributed by atoms with Crippen molar-refractivity contribution >= 4 is 5.97 Å². The molecule has 146 valence electrons. The highest BCUT2D eigenvalue weighted by Gasteiger charge is 2.49. The second kappa shape index (κ2) is 7.59. The fourth-order valence-electron chi connectivity index (χ4n) is 3.13. The number of alkyl halides is 3. The van der Waals surface area contributed by atoms with Crippen LogP contribution in [-0.2, 0) is 17.7 Å². The molecular weight excluding hydrogens is 363 g/mol. The number of halogens is 3. The van der Waals surface area contributed by atoms with Crippen LogP contribution in [0.2, 0.25) is 0 Å². The SMILES string of the molecule is CCOC(=O)c1c(CN[C@@H]2Cc3ccccc3O[C@H]2C(F)(F)F)n[nH]c1C. The Bertz CT molecular complexity index is 820. The number of aromatic amines is 1. The molecule has 0 saturated carbocycles. The largest absolute Gasteiger partial charge is 0.479 e. The smallest absolute Gasteiger partial charge is 0.426 e. The van der Waals surface area contributed by atoms with Crippen molar-refractivity contribution in [1.29, 1.82) is 0 Å². The van der Waals surface area contributed by atoms with E-state index in [9.17, 15) is 18.0 Å². The minimum absolute atomic E-state index is 0.0265. The van der Waals surface area contributed by atoms with Crippen LogP contribution in [0, 0.1) is 6.92 Å². The van der Waals surface area contributed by atoms with Crippen LogP contribution in [0.1, 0.15) is 34.2 Å². The van der Waals surface area contributed by atoms with Crippen LogP contribution in [-0.4, -0.2) is 41.1 Å². The van der Waals surface area contributed by atoms with Crippen molar-refractivity contribution in [2.24, 2.45) is 0 Å². The van der Waals surface area contributed by atoms with Crippen molar-refractivity contribution in [3.63, 3.8) is 0 Å². The molecule has 2 heterocycles. The molecule has 1 aliphatic rings. The van der Waals surface area contributed by atoms with E-state index >= 15 is 0 Å². The zero-order chi connectivity index (χ0) is 19.6. The van der Waals surface area contributed by atoms with E-state index in [0.29, 0.717) is 17.0 Å². The van der Waals surface area contributed by atoms with Gasteiger partial charge in [-0.15, -0.1) is 0 Å². The molecular formula is C18H20F3N3O3. The standard InChI is InChI=1S/C18H20F3N3O3/c1-3-26-17(25)15-10(2)23-24-13(15)9-22-12-8-11-6-4-5-7-14(11)27-16(12)18(19,20)21/h4-7,12,16,22H,3,8-9H2,1-2H3,(H,23,24)/t12-,16-/m1/s1. The molecule has 3 rings (SSSR count). The van der Waals surface area contributed by atoms with Gasteiger partial charge in [0.15, 0.2) is 0 Å². The fraction of sp³-hybridized carbons (Fsp3) is 0.444. The molecule has 9 heteroatoms. The number of ether oxygens (including phenoxy) is 2. The third kappa shape index (κ3) is 4.08. The highest BCUT2D eigenvalue weighted by molar-refractivity contribution is 5.91. The third-order valence-electron chi connectivity index (χ3n) is 4.39. The number of rotatable bonds is 5. The summed E-state index contributed by atoms with van der Waals surface area (Å²) in [6, 6.07) is 5.65. The molecule has 0 amide bonds. The van der Waals surface area contributed by atoms with Crippen LogP contribution >= 0.6 is 0 Å². The fourth-order valence-corrected chi connectivity index (χ4v) is 3.13. The van der Waals surface area contributed by atoms with Gasteiger partial charge in [-0.25, -0.2) is 4.79 Å². The zero-order valence-electron chi connectivity index (χ0n) is 14.9. The van der Waals surface area contributed by atoms with Gasteiger partial charge in [-0.1, -0.05) is 18.2 Å². The van der Waals surface area contributed by atoms with Gasteiger partial charge in [0, 0.05) is 12.2 Å². The molecule has 6 nitrogen and oxygen atoms in total. The number of esters is 1. The monoisotopic (exact) mass is 383 g/mol. The quantitative estimate of drug-likeness (QED) is 0.777. The van der Waals surface area contributed by atoms with E-state index in [0.717, 1.165) is 0 Å². The highest BCUT2D eigenvalue weighted by atomic mass is 19.4. The molecule has 2 aromatic rings. The molecule has 0 aliphatic carbocycles. The van der Waals surface area contributed by atoms with Crippen LogP contribution in [0.15, 0.2) is 24.3 Å². The Hall–Kier alpha value is -2.55. The third-order valence-corrected chi connectivity index (χ3v) is 4.39. The number of H-pyrrole nitrogens is 1. The average Bonchev–Trinajstić information content (AvgIpc) is 2.99. The Balaban J connectivity index is 1.79. The molecule has 2 N–H and O–H groups in total. The Morgan fingerprint density at radius 1 is 1.41 bits per heavy atom. The first-order valence-electron chi connectivity index (χ1n) is 8.56. The minimum Gasteiger partial charge on any atom is -0.479 e. The van der Waals surface area contributed by atoms with E-state index in [1.807, 2.05) is 0 Å². The van der Waals surface area contributed by atoms with E-state index < -0.39 is 24.3 Å². The lowest BCUT2D eigenvalue weighted by Crippen LogP contribution is -2.54. The summed E-state index contributed by atoms with van der Waals surface area (Å²) in [4.78, 5) is 12.1. The number of hydrogen-bond acceptors (Lipinski definition) is 5. The lowest BCUT2D eigenvalue weighted by atomic mass is 9.96. The van der Waals surface area contributed by atoms with Gasteiger partial charge in [-0.05, 0) is 31.9 Å². The molecule has 0 radical (unpaired) electrons. The maximum absolute atomic E-state index is 13.5. The summed E-state index contributed by atoms with van der Waals surface area (Å²) in [5.74, 6) is -0.320. The molecule has 0 saturated heterocycles. The van der Waals surface area contributed by atoms with Crippen molar-refractivity contribution in [3.8, 4) is 5.75 Å². The summed E-state index contributed by atoms with van der Waals surface area (Å²) in [5.41, 5.74) is 1.75. The molecule has 0 fully saturated rings. The van der Waals surface area contributed by atoms with Crippen molar-refractivity contribution in [2.45, 2.75) is 45.1 Å². The van der Waals surface area contributed by atoms with E-state index in [1.165, 1.54) is 6.07 Å². The number of nitrogens with one attached hydrogen (secondary N) is 2. The van der Waals surface area contributed by atoms with Crippen LogP contribution in [0.5, 0.6) is 5.75 Å². The van der Waals surface area contributed by atoms with Gasteiger partial charge in [0.25, 0.3) is 0 Å². The Kier molecular flexibility index (Phi) is 5.41. The van der Waals surface area contributed by atoms with Crippen LogP contribution in [0.3, 0.4) is 0 Å². The predicted molar refractivity (Wildman–Crippen MR) is 90.5 cm³/mol. The number of benzene rings is 1. The molecule has 27 heavy (non-hydrogen) atoms. The first kappa shape index (κ1) is 19.2. The van der Waals surface area contributed by atoms with Crippen LogP contribution in [0.4, 0.5) is 13.2 Å². The summed E-state index contributed by atoms with van der Waals surface area (Å²) in [6.07, 6.45) is -6.37. The van der Waals surface area contributed by atoms with Crippen LogP contribution < -0.4 is 10.1 Å². The summed E-state index contributed by atoms with van der Waals surface area (Å²) >= 11 is 0. The molecule has 1 aromatic heterocycles. The predicted octanol–water partition coefficient (Wildman–Crippen LogP) is 2.92. The Labute approximate surface area is 154 Å². The van der Waals surface area contributed by atoms with Gasteiger partial charge in [0.2, 0.25) is 6.10 Å². The number of nitrogens with zero attached hydrogens (tertiary/aromatic N) is 1. The normalized spacial score (nSPS) is 19.3. The summed E-state index contributed by atoms with van der Waals surface area (Å²) in [7, 11) is 0. The Morgan fingerprint density at radius 3 is 2.85 bits per heavy atom. The summed E-state index contributed by atoms with van der Waals surface area (Å²) in [6.45, 7) is 3.50. The van der Waals surface area contributed by atoms with Gasteiger partial charge in [0.1, 0.15) is 11.3 Å². The van der Waals surface area contributed by atoms with Crippen molar-refractivity contribution in [1.82, 2.24) is 15.5 Å². The maximum Gasteiger partial charge on any atom is 0.426 e. The van der Waals surface area contributed by atoms with Gasteiger partial charge >= 0.3 is 12.1 Å². The Morgan fingerprint density at radius 2 is 2.15 bits per heavy atom. The number of para-hydroxylation sites is 1. The second-order valence-corrected chi connectivity index (χ2v) is 6.27. The zero-order valence-corrected chi connectivity index (χ0v) is 14.9. The number of aromatic nitrogens is 2.